The molecule has 0 radical (unpaired) electrons. The van der Waals surface area contributed by atoms with Crippen LogP contribution in [0.25, 0.3) is 10.9 Å². The number of carboxylic acids is 1. The number of methoxy groups -OCH3 is 1. The minimum atomic E-state index is -5.01. The number of aromatic nitrogens is 1. The summed E-state index contributed by atoms with van der Waals surface area (Å²) in [6.07, 6.45) is -0.449. The number of aliphatic hydroxyl groups is 1. The molecule has 1 aliphatic heterocycles. The van der Waals surface area contributed by atoms with E-state index in [1.807, 2.05) is 6.07 Å². The molecule has 1 aliphatic rings. The molecule has 232 valence electrons. The summed E-state index contributed by atoms with van der Waals surface area (Å²) in [5, 5.41) is 30.1. The number of alkyl halides is 3. The summed E-state index contributed by atoms with van der Waals surface area (Å²) in [6.45, 7) is 7.15. The van der Waals surface area contributed by atoms with Crippen molar-refractivity contribution in [3.63, 3.8) is 0 Å². The van der Waals surface area contributed by atoms with Gasteiger partial charge in [-0.25, -0.2) is 0 Å². The number of halogens is 3. The summed E-state index contributed by atoms with van der Waals surface area (Å²) in [5.41, 5.74) is -1.81. The molecule has 44 heavy (non-hydrogen) atoms. The predicted octanol–water partition coefficient (Wildman–Crippen LogP) is 5.21. The number of rotatable bonds is 12. The van der Waals surface area contributed by atoms with Gasteiger partial charge < -0.3 is 24.3 Å². The van der Waals surface area contributed by atoms with Gasteiger partial charge in [-0.1, -0.05) is 18.7 Å². The first-order valence-electron chi connectivity index (χ1n) is 13.8. The zero-order valence-electron chi connectivity index (χ0n) is 24.2. The maximum absolute atomic E-state index is 14.8. The molecule has 0 bridgehead atoms. The SMILES string of the molecule is C=N/C=C\C(=C)Cn1cc(C(O)(CN2CCC(Oc3ccc(CC(=O)O)cc3OC)CC2)C(F)(F)F)c2ccc(C#N)cc21. The molecule has 1 unspecified atom stereocenters. The van der Waals surface area contributed by atoms with Gasteiger partial charge in [-0.3, -0.25) is 14.7 Å². The fraction of sp³-hybridized carbons (Fsp3) is 0.344. The second-order valence-corrected chi connectivity index (χ2v) is 10.7. The van der Waals surface area contributed by atoms with Gasteiger partial charge in [0.1, 0.15) is 6.10 Å². The van der Waals surface area contributed by atoms with E-state index in [-0.39, 0.29) is 48.7 Å². The van der Waals surface area contributed by atoms with Gasteiger partial charge in [0.2, 0.25) is 5.60 Å². The second kappa shape index (κ2) is 13.4. The van der Waals surface area contributed by atoms with Gasteiger partial charge in [0.25, 0.3) is 0 Å². The van der Waals surface area contributed by atoms with Gasteiger partial charge >= 0.3 is 12.1 Å². The Labute approximate surface area is 252 Å². The van der Waals surface area contributed by atoms with Crippen LogP contribution < -0.4 is 9.47 Å². The molecule has 3 aromatic rings. The van der Waals surface area contributed by atoms with Crippen molar-refractivity contribution >= 4 is 23.6 Å². The first-order valence-corrected chi connectivity index (χ1v) is 13.8. The van der Waals surface area contributed by atoms with Crippen LogP contribution in [-0.2, 0) is 23.4 Å². The molecule has 0 saturated carbocycles. The fourth-order valence-electron chi connectivity index (χ4n) is 5.36. The number of aliphatic carboxylic acids is 1. The topological polar surface area (TPSA) is 120 Å². The Kier molecular flexibility index (Phi) is 9.81. The lowest BCUT2D eigenvalue weighted by Crippen LogP contribution is -2.53. The Balaban J connectivity index is 1.56. The van der Waals surface area contributed by atoms with Gasteiger partial charge in [-0.2, -0.15) is 18.4 Å². The Bertz CT molecular complexity index is 1620. The van der Waals surface area contributed by atoms with Crippen molar-refractivity contribution < 1.29 is 37.7 Å². The van der Waals surface area contributed by atoms with Gasteiger partial charge in [0.05, 0.1) is 30.7 Å². The Morgan fingerprint density at radius 2 is 1.93 bits per heavy atom. The average molecular weight is 611 g/mol. The standard InChI is InChI=1S/C32H33F3N4O5/c1-21(8-11-37-2)18-39-19-26(25-6-4-23(17-36)14-27(25)39)31(42,32(33,34)35)20-38-12-9-24(10-13-38)44-28-7-5-22(16-30(40)41)15-29(28)43-3/h4-8,11,14-15,19,24,42H,1-2,9-10,12-13,16,18,20H2,3H3,(H,40,41)/b11-8-. The van der Waals surface area contributed by atoms with Crippen LogP contribution in [-0.4, -0.2) is 71.4 Å². The van der Waals surface area contributed by atoms with E-state index in [0.717, 1.165) is 0 Å². The maximum Gasteiger partial charge on any atom is 0.422 e. The smallest absolute Gasteiger partial charge is 0.422 e. The van der Waals surface area contributed by atoms with E-state index >= 15 is 0 Å². The van der Waals surface area contributed by atoms with Crippen molar-refractivity contribution in [2.45, 2.75) is 43.7 Å². The minimum Gasteiger partial charge on any atom is -0.493 e. The molecular weight excluding hydrogens is 577 g/mol. The van der Waals surface area contributed by atoms with Crippen LogP contribution in [0.4, 0.5) is 13.2 Å². The second-order valence-electron chi connectivity index (χ2n) is 10.7. The summed E-state index contributed by atoms with van der Waals surface area (Å²) in [6, 6.07) is 11.2. The summed E-state index contributed by atoms with van der Waals surface area (Å²) in [5.74, 6) is -0.198. The van der Waals surface area contributed by atoms with E-state index in [1.54, 1.807) is 29.2 Å². The highest BCUT2D eigenvalue weighted by atomic mass is 19.4. The van der Waals surface area contributed by atoms with Gasteiger partial charge in [0, 0.05) is 49.5 Å². The van der Waals surface area contributed by atoms with Crippen molar-refractivity contribution in [2.75, 3.05) is 26.7 Å². The minimum absolute atomic E-state index is 0.106. The van der Waals surface area contributed by atoms with Crippen molar-refractivity contribution in [1.29, 1.82) is 5.26 Å². The highest BCUT2D eigenvalue weighted by molar-refractivity contribution is 5.86. The number of aliphatic imine (C=N–C) groups is 1. The number of carboxylic acid groups (broad SMARTS) is 1. The molecule has 1 aromatic heterocycles. The van der Waals surface area contributed by atoms with Crippen LogP contribution in [0.3, 0.4) is 0 Å². The lowest BCUT2D eigenvalue weighted by atomic mass is 9.90. The number of hydrogen-bond donors (Lipinski definition) is 2. The number of benzene rings is 2. The van der Waals surface area contributed by atoms with E-state index < -0.39 is 24.3 Å². The van der Waals surface area contributed by atoms with E-state index in [2.05, 4.69) is 18.3 Å². The van der Waals surface area contributed by atoms with Gasteiger partial charge in [-0.15, -0.1) is 0 Å². The van der Waals surface area contributed by atoms with Crippen molar-refractivity contribution in [3.8, 4) is 17.6 Å². The van der Waals surface area contributed by atoms with Crippen molar-refractivity contribution in [1.82, 2.24) is 9.47 Å². The molecule has 1 saturated heterocycles. The molecule has 9 nitrogen and oxygen atoms in total. The summed E-state index contributed by atoms with van der Waals surface area (Å²) in [7, 11) is 1.44. The first kappa shape index (κ1) is 32.3. The normalized spacial score (nSPS) is 16.0. The first-order chi connectivity index (χ1) is 20.9. The molecule has 4 rings (SSSR count). The monoisotopic (exact) mass is 610 g/mol. The quantitative estimate of drug-likeness (QED) is 0.213. The van der Waals surface area contributed by atoms with Crippen LogP contribution in [0.1, 0.15) is 29.5 Å². The van der Waals surface area contributed by atoms with Gasteiger partial charge in [-0.05, 0) is 61.0 Å². The molecule has 12 heteroatoms. The molecule has 0 spiro atoms. The molecule has 0 aliphatic carbocycles. The number of likely N-dealkylation sites (tertiary alicyclic amines) is 1. The summed E-state index contributed by atoms with van der Waals surface area (Å²) >= 11 is 0. The number of fused-ring (bicyclic) bond motifs is 1. The number of hydrogen-bond acceptors (Lipinski definition) is 7. The van der Waals surface area contributed by atoms with Crippen LogP contribution in [0.15, 0.2) is 72.0 Å². The Hall–Kier alpha value is -4.60. The average Bonchev–Trinajstić information content (AvgIpc) is 3.34. The largest absolute Gasteiger partial charge is 0.493 e. The van der Waals surface area contributed by atoms with E-state index in [0.29, 0.717) is 41.0 Å². The van der Waals surface area contributed by atoms with E-state index in [9.17, 15) is 28.3 Å². The number of ether oxygens (including phenoxy) is 2. The van der Waals surface area contributed by atoms with Crippen LogP contribution >= 0.6 is 0 Å². The molecule has 2 heterocycles. The van der Waals surface area contributed by atoms with E-state index in [4.69, 9.17) is 14.6 Å². The highest BCUT2D eigenvalue weighted by Crippen LogP contribution is 2.44. The number of carbonyl (C=O) groups is 1. The lowest BCUT2D eigenvalue weighted by molar-refractivity contribution is -0.272. The third-order valence-electron chi connectivity index (χ3n) is 7.58. The molecule has 2 N–H and O–H groups in total. The molecule has 1 atom stereocenters. The summed E-state index contributed by atoms with van der Waals surface area (Å²) < 4.78 is 57.2. The summed E-state index contributed by atoms with van der Waals surface area (Å²) in [4.78, 5) is 16.2. The van der Waals surface area contributed by atoms with E-state index in [1.165, 1.54) is 42.3 Å². The fourth-order valence-corrected chi connectivity index (χ4v) is 5.36. The van der Waals surface area contributed by atoms with Crippen LogP contribution in [0.2, 0.25) is 0 Å². The van der Waals surface area contributed by atoms with Gasteiger partial charge in [0.15, 0.2) is 11.5 Å². The number of β-amino-alcohol motifs (C(OH)–C–C–N with tert-alkyl or cyclic N) is 1. The lowest BCUT2D eigenvalue weighted by Gasteiger charge is -2.39. The number of allylic oxidation sites excluding steroid dienone is 2. The zero-order chi connectivity index (χ0) is 32.1. The molecule has 2 aromatic carbocycles. The number of piperidine rings is 1. The number of nitriles is 1. The number of nitrogens with zero attached hydrogens (tertiary/aromatic N) is 4. The molecule has 1 fully saturated rings. The Morgan fingerprint density at radius 3 is 2.55 bits per heavy atom. The third-order valence-corrected chi connectivity index (χ3v) is 7.58. The maximum atomic E-state index is 14.8. The van der Waals surface area contributed by atoms with Crippen LogP contribution in [0.5, 0.6) is 11.5 Å². The third kappa shape index (κ3) is 7.12. The van der Waals surface area contributed by atoms with Crippen molar-refractivity contribution in [3.05, 3.63) is 83.7 Å². The molecular formula is C32H33F3N4O5. The highest BCUT2D eigenvalue weighted by Gasteiger charge is 2.57. The Morgan fingerprint density at radius 1 is 1.20 bits per heavy atom. The van der Waals surface area contributed by atoms with Crippen LogP contribution in [0, 0.1) is 11.3 Å². The predicted molar refractivity (Wildman–Crippen MR) is 159 cm³/mol. The van der Waals surface area contributed by atoms with Crippen molar-refractivity contribution in [2.24, 2.45) is 4.99 Å². The molecule has 0 amide bonds. The zero-order valence-corrected chi connectivity index (χ0v) is 24.2.